The van der Waals surface area contributed by atoms with Crippen LogP contribution >= 0.6 is 0 Å². The number of amides is 2. The first-order valence-electron chi connectivity index (χ1n) is 12.7. The molecule has 0 aromatic heterocycles. The van der Waals surface area contributed by atoms with E-state index in [0.717, 1.165) is 11.1 Å². The van der Waals surface area contributed by atoms with Gasteiger partial charge in [-0.2, -0.15) is 0 Å². The molecule has 0 saturated heterocycles. The fourth-order valence-electron chi connectivity index (χ4n) is 5.40. The Morgan fingerprint density at radius 3 is 2.05 bits per heavy atom. The molecule has 10 nitrogen and oxygen atoms in total. The molecule has 0 heterocycles. The lowest BCUT2D eigenvalue weighted by Crippen LogP contribution is -2.56. The molecule has 10 heteroatoms. The predicted octanol–water partition coefficient (Wildman–Crippen LogP) is 4.54. The number of ether oxygens (including phenoxy) is 1. The van der Waals surface area contributed by atoms with Crippen molar-refractivity contribution in [3.8, 4) is 5.75 Å². The first kappa shape index (κ1) is 28.4. The highest BCUT2D eigenvalue weighted by molar-refractivity contribution is 6.10. The SMILES string of the molecule is COc1ccc(C2C(C(=O)Nc3ccccc3C)C(=O)CC(C)(O)C2C(=O)Nc2ccccc2C)cc1[N+](=O)[O-]. The second-order valence-electron chi connectivity index (χ2n) is 10.3. The summed E-state index contributed by atoms with van der Waals surface area (Å²) in [7, 11) is 1.29. The van der Waals surface area contributed by atoms with Crippen molar-refractivity contribution >= 4 is 34.7 Å². The summed E-state index contributed by atoms with van der Waals surface area (Å²) in [5.74, 6) is -5.86. The van der Waals surface area contributed by atoms with E-state index in [2.05, 4.69) is 10.6 Å². The molecule has 1 aliphatic rings. The molecular weight excluding hydrogens is 514 g/mol. The molecule has 1 saturated carbocycles. The molecule has 1 fully saturated rings. The number of anilines is 2. The smallest absolute Gasteiger partial charge is 0.311 e. The zero-order valence-electron chi connectivity index (χ0n) is 22.6. The molecule has 0 radical (unpaired) electrons. The highest BCUT2D eigenvalue weighted by Crippen LogP contribution is 2.48. The minimum absolute atomic E-state index is 0.0236. The largest absolute Gasteiger partial charge is 0.490 e. The Kier molecular flexibility index (Phi) is 8.01. The Bertz CT molecular complexity index is 1480. The van der Waals surface area contributed by atoms with E-state index < -0.39 is 58.0 Å². The molecule has 3 N–H and O–H groups in total. The zero-order chi connectivity index (χ0) is 29.2. The summed E-state index contributed by atoms with van der Waals surface area (Å²) in [5, 5.41) is 29.0. The Morgan fingerprint density at radius 1 is 0.975 bits per heavy atom. The van der Waals surface area contributed by atoms with Crippen LogP contribution in [0.2, 0.25) is 0 Å². The second kappa shape index (κ2) is 11.3. The van der Waals surface area contributed by atoms with Gasteiger partial charge in [0, 0.05) is 29.8 Å². The van der Waals surface area contributed by atoms with Crippen molar-refractivity contribution in [2.24, 2.45) is 11.8 Å². The molecule has 1 aliphatic carbocycles. The summed E-state index contributed by atoms with van der Waals surface area (Å²) in [5.41, 5.74) is 0.440. The van der Waals surface area contributed by atoms with E-state index in [1.54, 1.807) is 56.3 Å². The summed E-state index contributed by atoms with van der Waals surface area (Å²) in [4.78, 5) is 52.3. The van der Waals surface area contributed by atoms with Crippen LogP contribution in [0.3, 0.4) is 0 Å². The van der Waals surface area contributed by atoms with Crippen LogP contribution in [-0.4, -0.2) is 40.3 Å². The Morgan fingerprint density at radius 2 is 1.52 bits per heavy atom. The lowest BCUT2D eigenvalue weighted by Gasteiger charge is -2.44. The second-order valence-corrected chi connectivity index (χ2v) is 10.3. The molecule has 4 rings (SSSR count). The number of aryl methyl sites for hydroxylation is 2. The highest BCUT2D eigenvalue weighted by Gasteiger charge is 2.56. The van der Waals surface area contributed by atoms with Crippen molar-refractivity contribution in [3.63, 3.8) is 0 Å². The van der Waals surface area contributed by atoms with Gasteiger partial charge in [-0.1, -0.05) is 42.5 Å². The van der Waals surface area contributed by atoms with E-state index in [9.17, 15) is 29.6 Å². The average molecular weight is 546 g/mol. The zero-order valence-corrected chi connectivity index (χ0v) is 22.6. The third-order valence-electron chi connectivity index (χ3n) is 7.42. The first-order valence-corrected chi connectivity index (χ1v) is 12.7. The minimum Gasteiger partial charge on any atom is -0.490 e. The lowest BCUT2D eigenvalue weighted by atomic mass is 9.61. The maximum Gasteiger partial charge on any atom is 0.311 e. The van der Waals surface area contributed by atoms with E-state index in [1.165, 1.54) is 32.2 Å². The van der Waals surface area contributed by atoms with Crippen molar-refractivity contribution in [2.75, 3.05) is 17.7 Å². The van der Waals surface area contributed by atoms with Crippen molar-refractivity contribution < 1.29 is 29.2 Å². The molecule has 3 aromatic rings. The van der Waals surface area contributed by atoms with Crippen molar-refractivity contribution in [1.29, 1.82) is 0 Å². The Labute approximate surface area is 231 Å². The van der Waals surface area contributed by atoms with Crippen molar-refractivity contribution in [1.82, 2.24) is 0 Å². The maximum absolute atomic E-state index is 13.9. The molecule has 0 spiro atoms. The van der Waals surface area contributed by atoms with Crippen LogP contribution in [0.25, 0.3) is 0 Å². The fourth-order valence-corrected chi connectivity index (χ4v) is 5.40. The Balaban J connectivity index is 1.86. The van der Waals surface area contributed by atoms with Crippen molar-refractivity contribution in [3.05, 3.63) is 93.5 Å². The number of Topliss-reactive ketones (excluding diaryl/α,β-unsaturated/α-hetero) is 1. The fraction of sp³-hybridized carbons (Fsp3) is 0.300. The quantitative estimate of drug-likeness (QED) is 0.224. The van der Waals surface area contributed by atoms with Gasteiger partial charge < -0.3 is 20.5 Å². The lowest BCUT2D eigenvalue weighted by molar-refractivity contribution is -0.385. The van der Waals surface area contributed by atoms with E-state index >= 15 is 0 Å². The molecule has 0 aliphatic heterocycles. The molecular formula is C30H31N3O7. The van der Waals surface area contributed by atoms with Crippen LogP contribution in [0.15, 0.2) is 66.7 Å². The van der Waals surface area contributed by atoms with Crippen LogP contribution in [0.4, 0.5) is 17.1 Å². The number of nitro groups is 1. The number of methoxy groups -OCH3 is 1. The maximum atomic E-state index is 13.9. The number of nitrogens with zero attached hydrogens (tertiary/aromatic N) is 1. The molecule has 0 bridgehead atoms. The van der Waals surface area contributed by atoms with Gasteiger partial charge in [0.25, 0.3) is 0 Å². The molecule has 40 heavy (non-hydrogen) atoms. The average Bonchev–Trinajstić information content (AvgIpc) is 2.89. The minimum atomic E-state index is -1.86. The number of rotatable bonds is 7. The molecule has 2 amide bonds. The number of para-hydroxylation sites is 2. The number of hydrogen-bond donors (Lipinski definition) is 3. The van der Waals surface area contributed by atoms with Gasteiger partial charge in [0.1, 0.15) is 11.7 Å². The van der Waals surface area contributed by atoms with Crippen molar-refractivity contribution in [2.45, 2.75) is 38.7 Å². The topological polar surface area (TPSA) is 148 Å². The number of hydrogen-bond acceptors (Lipinski definition) is 7. The van der Waals surface area contributed by atoms with Gasteiger partial charge in [-0.3, -0.25) is 24.5 Å². The predicted molar refractivity (Wildman–Crippen MR) is 149 cm³/mol. The molecule has 4 atom stereocenters. The third-order valence-corrected chi connectivity index (χ3v) is 7.42. The number of nitrogens with one attached hydrogen (secondary N) is 2. The van der Waals surface area contributed by atoms with Gasteiger partial charge in [-0.25, -0.2) is 0 Å². The van der Waals surface area contributed by atoms with Crippen LogP contribution in [0.1, 0.15) is 36.0 Å². The normalized spacial score (nSPS) is 22.3. The summed E-state index contributed by atoms with van der Waals surface area (Å²) >= 11 is 0. The third kappa shape index (κ3) is 5.57. The van der Waals surface area contributed by atoms with E-state index in [1.807, 2.05) is 6.07 Å². The number of nitro benzene ring substituents is 1. The van der Waals surface area contributed by atoms with Gasteiger partial charge in [0.05, 0.1) is 23.6 Å². The van der Waals surface area contributed by atoms with Gasteiger partial charge >= 0.3 is 5.69 Å². The van der Waals surface area contributed by atoms with Crippen LogP contribution in [0, 0.1) is 35.8 Å². The standard InChI is InChI=1S/C30H31N3O7/c1-17-9-5-7-11-20(17)31-28(35)26-23(34)16-30(3,37)27(29(36)32-21-12-8-6-10-18(21)2)25(26)19-13-14-24(40-4)22(15-19)33(38)39/h5-15,25-27,37H,16H2,1-4H3,(H,31,35)(H,32,36). The van der Waals surface area contributed by atoms with Crippen LogP contribution in [0.5, 0.6) is 5.75 Å². The van der Waals surface area contributed by atoms with Gasteiger partial charge in [0.2, 0.25) is 11.8 Å². The Hall–Kier alpha value is -4.57. The molecule has 208 valence electrons. The monoisotopic (exact) mass is 545 g/mol. The van der Waals surface area contributed by atoms with Crippen LogP contribution < -0.4 is 15.4 Å². The van der Waals surface area contributed by atoms with E-state index in [4.69, 9.17) is 4.74 Å². The number of ketones is 1. The van der Waals surface area contributed by atoms with Crippen LogP contribution in [-0.2, 0) is 14.4 Å². The first-order chi connectivity index (χ1) is 18.9. The number of carbonyl (C=O) groups is 3. The summed E-state index contributed by atoms with van der Waals surface area (Å²) < 4.78 is 5.13. The highest BCUT2D eigenvalue weighted by atomic mass is 16.6. The number of aliphatic hydroxyl groups is 1. The summed E-state index contributed by atoms with van der Waals surface area (Å²) in [6.07, 6.45) is -0.459. The van der Waals surface area contributed by atoms with Gasteiger partial charge in [-0.05, 0) is 55.7 Å². The van der Waals surface area contributed by atoms with E-state index in [0.29, 0.717) is 11.4 Å². The molecule has 3 aromatic carbocycles. The number of benzene rings is 3. The van der Waals surface area contributed by atoms with E-state index in [-0.39, 0.29) is 11.3 Å². The van der Waals surface area contributed by atoms with Gasteiger partial charge in [-0.15, -0.1) is 0 Å². The summed E-state index contributed by atoms with van der Waals surface area (Å²) in [6.45, 7) is 4.97. The van der Waals surface area contributed by atoms with Gasteiger partial charge in [0.15, 0.2) is 5.75 Å². The number of carbonyl (C=O) groups excluding carboxylic acids is 3. The summed E-state index contributed by atoms with van der Waals surface area (Å²) in [6, 6.07) is 18.1. The molecule has 4 unspecified atom stereocenters.